The van der Waals surface area contributed by atoms with Gasteiger partial charge in [-0.15, -0.1) is 0 Å². The van der Waals surface area contributed by atoms with E-state index in [2.05, 4.69) is 0 Å². The van der Waals surface area contributed by atoms with Crippen molar-refractivity contribution in [2.24, 2.45) is 5.41 Å². The first-order valence-electron chi connectivity index (χ1n) is 8.86. The number of hydrogen-bond acceptors (Lipinski definition) is 2. The molecule has 0 saturated carbocycles. The Morgan fingerprint density at radius 1 is 1.21 bits per heavy atom. The number of carbonyl (C=O) groups excluding carboxylic acids is 2. The van der Waals surface area contributed by atoms with Crippen molar-refractivity contribution in [2.45, 2.75) is 45.6 Å². The molecule has 130 valence electrons. The van der Waals surface area contributed by atoms with Gasteiger partial charge in [0, 0.05) is 32.6 Å². The van der Waals surface area contributed by atoms with Crippen LogP contribution in [-0.2, 0) is 16.1 Å². The van der Waals surface area contributed by atoms with Crippen molar-refractivity contribution in [1.29, 1.82) is 0 Å². The third-order valence-electron chi connectivity index (χ3n) is 5.28. The van der Waals surface area contributed by atoms with E-state index in [1.807, 2.05) is 16.7 Å². The standard InChI is InChI=1S/C19H25FN2O2/c1-2-4-17(23)22-12-10-19(14-22)9-3-11-21(18(19)24)13-15-5-7-16(20)8-6-15/h5-8H,2-4,9-14H2,1H3/t19-/m1/s1. The Labute approximate surface area is 142 Å². The summed E-state index contributed by atoms with van der Waals surface area (Å²) in [5, 5.41) is 0. The number of hydrogen-bond donors (Lipinski definition) is 0. The minimum Gasteiger partial charge on any atom is -0.342 e. The number of likely N-dealkylation sites (tertiary alicyclic amines) is 2. The average molecular weight is 332 g/mol. The molecule has 0 unspecified atom stereocenters. The fraction of sp³-hybridized carbons (Fsp3) is 0.579. The summed E-state index contributed by atoms with van der Waals surface area (Å²) in [6.07, 6.45) is 3.99. The zero-order valence-electron chi connectivity index (χ0n) is 14.3. The number of halogens is 1. The average Bonchev–Trinajstić information content (AvgIpc) is 3.00. The summed E-state index contributed by atoms with van der Waals surface area (Å²) >= 11 is 0. The lowest BCUT2D eigenvalue weighted by molar-refractivity contribution is -0.146. The van der Waals surface area contributed by atoms with Gasteiger partial charge in [-0.3, -0.25) is 9.59 Å². The van der Waals surface area contributed by atoms with Gasteiger partial charge in [-0.1, -0.05) is 19.1 Å². The molecular formula is C19H25FN2O2. The molecule has 0 N–H and O–H groups in total. The molecule has 1 aromatic carbocycles. The lowest BCUT2D eigenvalue weighted by Crippen LogP contribution is -2.50. The van der Waals surface area contributed by atoms with E-state index in [0.29, 0.717) is 26.1 Å². The second-order valence-electron chi connectivity index (χ2n) is 7.05. The highest BCUT2D eigenvalue weighted by atomic mass is 19.1. The van der Waals surface area contributed by atoms with Crippen molar-refractivity contribution in [3.05, 3.63) is 35.6 Å². The highest BCUT2D eigenvalue weighted by Gasteiger charge is 2.49. The summed E-state index contributed by atoms with van der Waals surface area (Å²) in [4.78, 5) is 29.0. The van der Waals surface area contributed by atoms with Crippen LogP contribution < -0.4 is 0 Å². The van der Waals surface area contributed by atoms with Crippen molar-refractivity contribution >= 4 is 11.8 Å². The molecule has 24 heavy (non-hydrogen) atoms. The van der Waals surface area contributed by atoms with E-state index in [-0.39, 0.29) is 17.6 Å². The van der Waals surface area contributed by atoms with E-state index in [4.69, 9.17) is 0 Å². The lowest BCUT2D eigenvalue weighted by atomic mass is 9.78. The summed E-state index contributed by atoms with van der Waals surface area (Å²) < 4.78 is 13.0. The summed E-state index contributed by atoms with van der Waals surface area (Å²) in [5.41, 5.74) is 0.542. The van der Waals surface area contributed by atoms with Gasteiger partial charge in [0.05, 0.1) is 5.41 Å². The second kappa shape index (κ2) is 6.91. The normalized spacial score (nSPS) is 24.0. The SMILES string of the molecule is CCCC(=O)N1CC[C@]2(CCCN(Cc3ccc(F)cc3)C2=O)C1. The Morgan fingerprint density at radius 2 is 1.96 bits per heavy atom. The molecule has 1 atom stereocenters. The van der Waals surface area contributed by atoms with Crippen molar-refractivity contribution in [2.75, 3.05) is 19.6 Å². The molecule has 2 aliphatic rings. The van der Waals surface area contributed by atoms with Gasteiger partial charge < -0.3 is 9.80 Å². The van der Waals surface area contributed by atoms with Crippen molar-refractivity contribution in [3.63, 3.8) is 0 Å². The molecule has 2 heterocycles. The number of carbonyl (C=O) groups is 2. The van der Waals surface area contributed by atoms with Gasteiger partial charge in [-0.2, -0.15) is 0 Å². The molecule has 4 nitrogen and oxygen atoms in total. The van der Waals surface area contributed by atoms with E-state index in [1.165, 1.54) is 12.1 Å². The molecule has 0 radical (unpaired) electrons. The molecule has 5 heteroatoms. The largest absolute Gasteiger partial charge is 0.342 e. The van der Waals surface area contributed by atoms with Crippen molar-refractivity contribution in [3.8, 4) is 0 Å². The van der Waals surface area contributed by atoms with E-state index in [9.17, 15) is 14.0 Å². The summed E-state index contributed by atoms with van der Waals surface area (Å²) in [5.74, 6) is 0.0590. The molecule has 2 amide bonds. The summed E-state index contributed by atoms with van der Waals surface area (Å²) in [7, 11) is 0. The molecule has 2 saturated heterocycles. The maximum atomic E-state index is 13.1. The predicted molar refractivity (Wildman–Crippen MR) is 89.6 cm³/mol. The van der Waals surface area contributed by atoms with Gasteiger partial charge in [0.25, 0.3) is 0 Å². The van der Waals surface area contributed by atoms with Gasteiger partial charge in [0.2, 0.25) is 11.8 Å². The molecule has 0 aromatic heterocycles. The van der Waals surface area contributed by atoms with Gasteiger partial charge in [-0.25, -0.2) is 4.39 Å². The van der Waals surface area contributed by atoms with Crippen LogP contribution in [0.5, 0.6) is 0 Å². The van der Waals surface area contributed by atoms with Crippen molar-refractivity contribution < 1.29 is 14.0 Å². The molecular weight excluding hydrogens is 307 g/mol. The molecule has 2 fully saturated rings. The first-order valence-corrected chi connectivity index (χ1v) is 8.86. The minimum absolute atomic E-state index is 0.157. The quantitative estimate of drug-likeness (QED) is 0.850. The van der Waals surface area contributed by atoms with Crippen LogP contribution in [0, 0.1) is 11.2 Å². The van der Waals surface area contributed by atoms with Crippen LogP contribution in [0.4, 0.5) is 4.39 Å². The Hall–Kier alpha value is -1.91. The Morgan fingerprint density at radius 3 is 2.67 bits per heavy atom. The number of rotatable bonds is 4. The van der Waals surface area contributed by atoms with Crippen molar-refractivity contribution in [1.82, 2.24) is 9.80 Å². The van der Waals surface area contributed by atoms with E-state index < -0.39 is 5.41 Å². The smallest absolute Gasteiger partial charge is 0.230 e. The van der Waals surface area contributed by atoms with E-state index in [1.54, 1.807) is 12.1 Å². The maximum Gasteiger partial charge on any atom is 0.230 e. The van der Waals surface area contributed by atoms with E-state index >= 15 is 0 Å². The Bertz CT molecular complexity index is 616. The maximum absolute atomic E-state index is 13.1. The molecule has 2 aliphatic heterocycles. The monoisotopic (exact) mass is 332 g/mol. The van der Waals surface area contributed by atoms with Gasteiger partial charge >= 0.3 is 0 Å². The fourth-order valence-electron chi connectivity index (χ4n) is 3.95. The topological polar surface area (TPSA) is 40.6 Å². The third kappa shape index (κ3) is 3.30. The van der Waals surface area contributed by atoms with Gasteiger partial charge in [0.15, 0.2) is 0 Å². The Balaban J connectivity index is 1.69. The van der Waals surface area contributed by atoms with Gasteiger partial charge in [0.1, 0.15) is 5.82 Å². The highest BCUT2D eigenvalue weighted by Crippen LogP contribution is 2.40. The zero-order valence-corrected chi connectivity index (χ0v) is 14.3. The molecule has 1 aromatic rings. The molecule has 1 spiro atoms. The van der Waals surface area contributed by atoms with Crippen LogP contribution in [0.2, 0.25) is 0 Å². The molecule has 0 aliphatic carbocycles. The third-order valence-corrected chi connectivity index (χ3v) is 5.28. The fourth-order valence-corrected chi connectivity index (χ4v) is 3.95. The van der Waals surface area contributed by atoms with Gasteiger partial charge in [-0.05, 0) is 43.4 Å². The number of nitrogens with zero attached hydrogens (tertiary/aromatic N) is 2. The van der Waals surface area contributed by atoms with Crippen LogP contribution in [0.15, 0.2) is 24.3 Å². The van der Waals surface area contributed by atoms with E-state index in [0.717, 1.165) is 37.8 Å². The van der Waals surface area contributed by atoms with Crippen LogP contribution >= 0.6 is 0 Å². The first-order chi connectivity index (χ1) is 11.5. The minimum atomic E-state index is -0.401. The number of piperidine rings is 1. The zero-order chi connectivity index (χ0) is 17.2. The first kappa shape index (κ1) is 16.9. The molecule has 0 bridgehead atoms. The van der Waals surface area contributed by atoms with Crippen LogP contribution in [-0.4, -0.2) is 41.2 Å². The number of amides is 2. The summed E-state index contributed by atoms with van der Waals surface area (Å²) in [6.45, 7) is 4.50. The molecule has 3 rings (SSSR count). The number of benzene rings is 1. The van der Waals surface area contributed by atoms with Crippen LogP contribution in [0.3, 0.4) is 0 Å². The lowest BCUT2D eigenvalue weighted by Gasteiger charge is -2.39. The summed E-state index contributed by atoms with van der Waals surface area (Å²) in [6, 6.07) is 6.33. The second-order valence-corrected chi connectivity index (χ2v) is 7.05. The van der Waals surface area contributed by atoms with Crippen LogP contribution in [0.1, 0.15) is 44.6 Å². The predicted octanol–water partition coefficient (Wildman–Crippen LogP) is 2.97. The highest BCUT2D eigenvalue weighted by molar-refractivity contribution is 5.86. The Kier molecular flexibility index (Phi) is 4.88. The van der Waals surface area contributed by atoms with Crippen LogP contribution in [0.25, 0.3) is 0 Å².